The summed E-state index contributed by atoms with van der Waals surface area (Å²) in [6.45, 7) is 5.79. The van der Waals surface area contributed by atoms with E-state index < -0.39 is 12.7 Å². The van der Waals surface area contributed by atoms with Gasteiger partial charge in [-0.3, -0.25) is 0 Å². The predicted molar refractivity (Wildman–Crippen MR) is 70.2 cm³/mol. The lowest BCUT2D eigenvalue weighted by Gasteiger charge is -2.29. The molecule has 108 valence electrons. The smallest absolute Gasteiger partial charge is 0.345 e. The summed E-state index contributed by atoms with van der Waals surface area (Å²) < 4.78 is 37.7. The van der Waals surface area contributed by atoms with E-state index in [-0.39, 0.29) is 6.04 Å². The molecule has 3 nitrogen and oxygen atoms in total. The van der Waals surface area contributed by atoms with Gasteiger partial charge in [-0.25, -0.2) is 4.98 Å². The molecule has 0 saturated heterocycles. The van der Waals surface area contributed by atoms with Crippen LogP contribution in [-0.4, -0.2) is 30.3 Å². The second kappa shape index (κ2) is 6.75. The maximum Gasteiger partial charge on any atom is 0.405 e. The number of rotatable bonds is 6. The third kappa shape index (κ3) is 5.46. The first-order valence-corrected chi connectivity index (χ1v) is 6.33. The Morgan fingerprint density at radius 2 is 2.00 bits per heavy atom. The van der Waals surface area contributed by atoms with Crippen molar-refractivity contribution >= 4 is 5.82 Å². The molecule has 0 spiro atoms. The molecule has 0 saturated carbocycles. The first kappa shape index (κ1) is 15.8. The van der Waals surface area contributed by atoms with Crippen molar-refractivity contribution in [2.45, 2.75) is 39.5 Å². The Kier molecular flexibility index (Phi) is 5.60. The minimum Gasteiger partial charge on any atom is -0.345 e. The van der Waals surface area contributed by atoms with E-state index in [1.54, 1.807) is 32.0 Å². The van der Waals surface area contributed by atoms with Gasteiger partial charge in [-0.05, 0) is 32.5 Å². The van der Waals surface area contributed by atoms with Crippen molar-refractivity contribution in [2.75, 3.05) is 18.0 Å². The molecule has 19 heavy (non-hydrogen) atoms. The number of nitrogens with zero attached hydrogens (tertiary/aromatic N) is 2. The standard InChI is InChI=1S/C13H20F3N3/c1-4-17-8-11-6-5-7-12(18-11)19(10(2)3)9-13(14,15)16/h5-7,10,17H,4,8-9H2,1-3H3. The third-order valence-electron chi connectivity index (χ3n) is 2.62. The molecule has 0 atom stereocenters. The van der Waals surface area contributed by atoms with Crippen molar-refractivity contribution < 1.29 is 13.2 Å². The van der Waals surface area contributed by atoms with Crippen LogP contribution in [0.2, 0.25) is 0 Å². The van der Waals surface area contributed by atoms with Gasteiger partial charge in [0.2, 0.25) is 0 Å². The van der Waals surface area contributed by atoms with Crippen LogP contribution in [0.25, 0.3) is 0 Å². The number of nitrogens with one attached hydrogen (secondary N) is 1. The summed E-state index contributed by atoms with van der Waals surface area (Å²) in [4.78, 5) is 5.54. The van der Waals surface area contributed by atoms with Crippen molar-refractivity contribution in [1.82, 2.24) is 10.3 Å². The Hall–Kier alpha value is -1.30. The highest BCUT2D eigenvalue weighted by Crippen LogP contribution is 2.22. The molecule has 6 heteroatoms. The van der Waals surface area contributed by atoms with Gasteiger partial charge in [0.1, 0.15) is 12.4 Å². The van der Waals surface area contributed by atoms with E-state index in [2.05, 4.69) is 10.3 Å². The Bertz CT molecular complexity index is 391. The van der Waals surface area contributed by atoms with Gasteiger partial charge in [0.15, 0.2) is 0 Å². The highest BCUT2D eigenvalue weighted by atomic mass is 19.4. The quantitative estimate of drug-likeness (QED) is 0.865. The van der Waals surface area contributed by atoms with Crippen LogP contribution < -0.4 is 10.2 Å². The van der Waals surface area contributed by atoms with E-state index >= 15 is 0 Å². The van der Waals surface area contributed by atoms with Crippen LogP contribution >= 0.6 is 0 Å². The van der Waals surface area contributed by atoms with E-state index in [9.17, 15) is 13.2 Å². The van der Waals surface area contributed by atoms with Crippen molar-refractivity contribution in [3.8, 4) is 0 Å². The lowest BCUT2D eigenvalue weighted by molar-refractivity contribution is -0.120. The summed E-state index contributed by atoms with van der Waals surface area (Å²) in [6, 6.07) is 4.89. The summed E-state index contributed by atoms with van der Waals surface area (Å²) in [5.41, 5.74) is 0.743. The van der Waals surface area contributed by atoms with Crippen LogP contribution in [-0.2, 0) is 6.54 Å². The molecule has 0 aliphatic rings. The minimum absolute atomic E-state index is 0.261. The van der Waals surface area contributed by atoms with Crippen LogP contribution in [0.1, 0.15) is 26.5 Å². The van der Waals surface area contributed by atoms with E-state index in [0.717, 1.165) is 12.2 Å². The first-order chi connectivity index (χ1) is 8.83. The van der Waals surface area contributed by atoms with Crippen molar-refractivity contribution in [3.63, 3.8) is 0 Å². The molecular formula is C13H20F3N3. The number of anilines is 1. The van der Waals surface area contributed by atoms with Gasteiger partial charge in [0.05, 0.1) is 5.69 Å². The van der Waals surface area contributed by atoms with Gasteiger partial charge in [-0.2, -0.15) is 13.2 Å². The number of halogens is 3. The highest BCUT2D eigenvalue weighted by Gasteiger charge is 2.32. The zero-order valence-electron chi connectivity index (χ0n) is 11.5. The molecule has 1 N–H and O–H groups in total. The molecule has 0 bridgehead atoms. The first-order valence-electron chi connectivity index (χ1n) is 6.33. The van der Waals surface area contributed by atoms with Crippen LogP contribution in [0.3, 0.4) is 0 Å². The summed E-state index contributed by atoms with van der Waals surface area (Å²) in [6.07, 6.45) is -4.23. The van der Waals surface area contributed by atoms with E-state index in [4.69, 9.17) is 0 Å². The van der Waals surface area contributed by atoms with Gasteiger partial charge in [-0.1, -0.05) is 13.0 Å². The minimum atomic E-state index is -4.23. The Labute approximate surface area is 111 Å². The van der Waals surface area contributed by atoms with Crippen LogP contribution in [0, 0.1) is 0 Å². The maximum atomic E-state index is 12.6. The zero-order valence-corrected chi connectivity index (χ0v) is 11.5. The normalized spacial score (nSPS) is 11.9. The predicted octanol–water partition coefficient (Wildman–Crippen LogP) is 2.97. The topological polar surface area (TPSA) is 28.2 Å². The number of aromatic nitrogens is 1. The monoisotopic (exact) mass is 275 g/mol. The van der Waals surface area contributed by atoms with E-state index in [1.165, 1.54) is 4.90 Å². The number of hydrogen-bond donors (Lipinski definition) is 1. The summed E-state index contributed by atoms with van der Waals surface area (Å²) in [5, 5.41) is 3.10. The summed E-state index contributed by atoms with van der Waals surface area (Å²) in [7, 11) is 0. The molecule has 0 aliphatic heterocycles. The average Bonchev–Trinajstić information content (AvgIpc) is 2.32. The molecule has 1 aromatic heterocycles. The van der Waals surface area contributed by atoms with Gasteiger partial charge < -0.3 is 10.2 Å². The largest absolute Gasteiger partial charge is 0.405 e. The van der Waals surface area contributed by atoms with E-state index in [0.29, 0.717) is 12.4 Å². The van der Waals surface area contributed by atoms with Crippen LogP contribution in [0.15, 0.2) is 18.2 Å². The molecule has 0 fully saturated rings. The van der Waals surface area contributed by atoms with E-state index in [1.807, 2.05) is 6.92 Å². The zero-order chi connectivity index (χ0) is 14.5. The molecule has 1 rings (SSSR count). The molecule has 0 amide bonds. The Morgan fingerprint density at radius 1 is 1.32 bits per heavy atom. The summed E-state index contributed by atoms with van der Waals surface area (Å²) in [5.74, 6) is 0.364. The average molecular weight is 275 g/mol. The van der Waals surface area contributed by atoms with Gasteiger partial charge in [0.25, 0.3) is 0 Å². The molecule has 0 radical (unpaired) electrons. The fraction of sp³-hybridized carbons (Fsp3) is 0.615. The molecular weight excluding hydrogens is 255 g/mol. The van der Waals surface area contributed by atoms with Gasteiger partial charge >= 0.3 is 6.18 Å². The van der Waals surface area contributed by atoms with Crippen molar-refractivity contribution in [3.05, 3.63) is 23.9 Å². The van der Waals surface area contributed by atoms with Gasteiger partial charge in [-0.15, -0.1) is 0 Å². The Morgan fingerprint density at radius 3 is 2.53 bits per heavy atom. The number of alkyl halides is 3. The maximum absolute atomic E-state index is 12.6. The molecule has 0 unspecified atom stereocenters. The highest BCUT2D eigenvalue weighted by molar-refractivity contribution is 5.40. The third-order valence-corrected chi connectivity index (χ3v) is 2.62. The molecule has 1 aromatic rings. The summed E-state index contributed by atoms with van der Waals surface area (Å²) >= 11 is 0. The Balaban J connectivity index is 2.90. The second-order valence-corrected chi connectivity index (χ2v) is 4.60. The fourth-order valence-corrected chi connectivity index (χ4v) is 1.70. The SMILES string of the molecule is CCNCc1cccc(N(CC(F)(F)F)C(C)C)n1. The molecule has 1 heterocycles. The fourth-order valence-electron chi connectivity index (χ4n) is 1.70. The van der Waals surface area contributed by atoms with Crippen LogP contribution in [0.5, 0.6) is 0 Å². The number of pyridine rings is 1. The van der Waals surface area contributed by atoms with Crippen LogP contribution in [0.4, 0.5) is 19.0 Å². The van der Waals surface area contributed by atoms with Crippen molar-refractivity contribution in [1.29, 1.82) is 0 Å². The molecule has 0 aliphatic carbocycles. The number of hydrogen-bond acceptors (Lipinski definition) is 3. The lowest BCUT2D eigenvalue weighted by atomic mass is 10.2. The van der Waals surface area contributed by atoms with Crippen molar-refractivity contribution in [2.24, 2.45) is 0 Å². The second-order valence-electron chi connectivity index (χ2n) is 4.60. The lowest BCUT2D eigenvalue weighted by Crippen LogP contribution is -2.39. The van der Waals surface area contributed by atoms with Gasteiger partial charge in [0, 0.05) is 12.6 Å². The molecule has 0 aromatic carbocycles.